The number of rotatable bonds is 14. The number of methoxy groups -OCH3 is 1. The minimum absolute atomic E-state index is 0. The Hall–Kier alpha value is -9.30. The molecule has 0 aromatic heterocycles. The number of phenols is 2. The highest BCUT2D eigenvalue weighted by Gasteiger charge is 2.50. The van der Waals surface area contributed by atoms with Crippen LogP contribution in [0.15, 0.2) is 18.2 Å². The number of hydrogen-bond donors (Lipinski definition) is 9. The first-order valence-electron chi connectivity index (χ1n) is 21.1. The third kappa shape index (κ3) is 20.6. The second-order valence-electron chi connectivity index (χ2n) is 14.2. The van der Waals surface area contributed by atoms with Crippen molar-refractivity contribution in [2.24, 2.45) is 5.73 Å². The van der Waals surface area contributed by atoms with E-state index in [9.17, 15) is 39.9 Å². The predicted molar refractivity (Wildman–Crippen MR) is 290 cm³/mol. The number of phenolic OH excluding ortho intramolecular Hbond substituents is 2. The molecule has 1 aliphatic heterocycles. The third-order valence-corrected chi connectivity index (χ3v) is 9.66. The van der Waals surface area contributed by atoms with Crippen molar-refractivity contribution in [3.05, 3.63) is 51.6 Å². The van der Waals surface area contributed by atoms with Crippen LogP contribution in [-0.2, 0) is 65.9 Å². The lowest BCUT2D eigenvalue weighted by molar-refractivity contribution is -0.781. The molecule has 79 heavy (non-hydrogen) atoms. The Labute approximate surface area is 473 Å². The molecule has 0 amide bonds. The summed E-state index contributed by atoms with van der Waals surface area (Å²) in [5, 5.41) is 91.1. The molecule has 1 heterocycles. The van der Waals surface area contributed by atoms with E-state index >= 15 is 0 Å². The van der Waals surface area contributed by atoms with Crippen LogP contribution in [0.2, 0.25) is 0 Å². The van der Waals surface area contributed by atoms with Gasteiger partial charge in [0.2, 0.25) is 5.78 Å². The number of aliphatic hydroxyl groups excluding tert-OH is 2. The first kappa shape index (κ1) is 65.8. The zero-order valence-corrected chi connectivity index (χ0v) is 41.6. The summed E-state index contributed by atoms with van der Waals surface area (Å²) < 4.78 is 17.0. The Morgan fingerprint density at radius 1 is 0.759 bits per heavy atom. The van der Waals surface area contributed by atoms with Crippen molar-refractivity contribution in [2.45, 2.75) is 69.4 Å². The van der Waals surface area contributed by atoms with Gasteiger partial charge in [0.25, 0.3) is 0 Å². The van der Waals surface area contributed by atoms with Crippen LogP contribution in [0.1, 0.15) is 92.9 Å². The van der Waals surface area contributed by atoms with E-state index < -0.39 is 95.7 Å². The number of nitrogens with two attached hydrogens (primary N) is 1. The summed E-state index contributed by atoms with van der Waals surface area (Å²) >= 11 is 0. The van der Waals surface area contributed by atoms with Gasteiger partial charge in [-0.2, -0.15) is 0 Å². The van der Waals surface area contributed by atoms with E-state index in [0.717, 1.165) is 0 Å². The smallest absolute Gasteiger partial charge is 0.202 e. The maximum absolute atomic E-state index is 13.6. The Bertz CT molecular complexity index is 3460. The number of Topliss-reactive ketones (excluding diaryl/α,β-unsaturated/α-hetero) is 1. The molecule has 1 fully saturated rings. The van der Waals surface area contributed by atoms with Crippen LogP contribution in [0.4, 0.5) is 0 Å². The van der Waals surface area contributed by atoms with Crippen LogP contribution < -0.4 is 16.1 Å². The summed E-state index contributed by atoms with van der Waals surface area (Å²) in [4.78, 5) is 47.0. The van der Waals surface area contributed by atoms with Crippen molar-refractivity contribution >= 4 is 29.8 Å². The number of benzene rings is 2. The normalized spacial score (nSPS) is 17.6. The molecule has 2 aromatic rings. The van der Waals surface area contributed by atoms with Gasteiger partial charge in [-0.25, -0.2) is 10.5 Å². The molecule has 25 heteroatoms. The van der Waals surface area contributed by atoms with Crippen molar-refractivity contribution in [3.63, 3.8) is 0 Å². The fourth-order valence-corrected chi connectivity index (χ4v) is 6.61. The van der Waals surface area contributed by atoms with Crippen molar-refractivity contribution in [3.8, 4) is 172 Å². The minimum Gasteiger partial charge on any atom is -0.507 e. The number of hydrogen-bond acceptors (Lipinski definition) is 24. The monoisotopic (exact) mass is 1120 g/mol. The summed E-state index contributed by atoms with van der Waals surface area (Å²) in [6.07, 6.45) is -0.209. The Balaban J connectivity index is -0.000000122. The number of fused-ring (bicyclic) bond motifs is 3. The van der Waals surface area contributed by atoms with Gasteiger partial charge in [0.1, 0.15) is 29.5 Å². The predicted octanol–water partition coefficient (Wildman–Crippen LogP) is 2.96. The molecule has 0 bridgehead atoms. The van der Waals surface area contributed by atoms with Gasteiger partial charge in [-0.15, -0.1) is 18.8 Å². The lowest BCUT2D eigenvalue weighted by Gasteiger charge is -2.42. The van der Waals surface area contributed by atoms with Crippen LogP contribution in [0.3, 0.4) is 0 Å². The van der Waals surface area contributed by atoms with Crippen LogP contribution in [0.5, 0.6) is 17.2 Å². The maximum atomic E-state index is 13.6. The molecule has 24 nitrogen and oxygen atoms in total. The average molecular weight is 1130 g/mol. The molecular weight excluding hydrogens is 1060 g/mol. The van der Waals surface area contributed by atoms with Crippen LogP contribution >= 0.6 is 12.4 Å². The Kier molecular flexibility index (Phi) is 30.5. The molecule has 426 valence electrons. The van der Waals surface area contributed by atoms with E-state index in [1.165, 1.54) is 31.0 Å². The van der Waals surface area contributed by atoms with Gasteiger partial charge in [0, 0.05) is 106 Å². The van der Waals surface area contributed by atoms with E-state index in [1.54, 1.807) is 13.8 Å². The fraction of sp³-hybridized carbons (Fsp3) is 0.241. The molecule has 0 radical (unpaired) electrons. The quantitative estimate of drug-likeness (QED) is 0.0368. The third-order valence-electron chi connectivity index (χ3n) is 9.66. The molecule has 1 saturated heterocycles. The fourth-order valence-electron chi connectivity index (χ4n) is 6.61. The van der Waals surface area contributed by atoms with Crippen LogP contribution in [-0.4, -0.2) is 97.3 Å². The topological polar surface area (TPSA) is 342 Å². The molecule has 10 N–H and O–H groups in total. The van der Waals surface area contributed by atoms with E-state index in [2.05, 4.69) is 193 Å². The first-order chi connectivity index (χ1) is 37.8. The standard InChI is InChI=1S/C27H29NO11.C27H4.ClH.H3NO11.12H2/c1-10-22(31)13(28)6-17(38-10)39-15-8-27(36,16(30)9-29)7-12-19(15)26(35)21-20(24(12)33)23(32)11-4-3-5-14(37-2)18(11)25(21)34;1-3-5-7-9-11-13-15-17-19-21-23-25-27-26-24-22-20-18-16-14-12-10-8-6-4-2;;2-6-10-8-4-1-5-9-12-11-7-3;;;;;;;;;;;;/h3-5,10,13,15,17,22,29,31,33,35-36H,6-9,28H2,1-2H3;1H,2H3;1H;1-3H;12*1H/t10-,13-,15-,17-,22+,27-;;;;;;;;;;;;;;;/m0.............../s1. The van der Waals surface area contributed by atoms with E-state index in [0.29, 0.717) is 0 Å². The SMILES string of the molecule is C#CC#CC#CC#CC#CC#CC#CC#CC#CC#CC#CC#CC#CC.COc1cccc2c1C(=O)c1c(O)c3c(c(O)c1C2=O)C[C@@](O)(C(=O)CO)C[C@@H]3O[C@H]1C[C@H](N)[C@H](O)[C@H](C)O1.Cl.OOOOONOOOOOO.[HH].[HH].[HH].[HH].[HH].[HH].[HH].[HH].[HH].[HH].[HH].[HH]. The number of carbonyl (C=O) groups excluding carboxylic acids is 3. The van der Waals surface area contributed by atoms with E-state index in [-0.39, 0.29) is 64.0 Å². The zero-order chi connectivity index (χ0) is 57.1. The van der Waals surface area contributed by atoms with Crippen molar-refractivity contribution in [1.29, 1.82) is 0 Å². The summed E-state index contributed by atoms with van der Waals surface area (Å²) in [5.74, 6) is 58.1. The number of aromatic hydroxyl groups is 2. The first-order valence-corrected chi connectivity index (χ1v) is 21.1. The number of carbonyl (C=O) groups is 3. The number of nitrogens with one attached hydrogen (secondary N) is 1. The molecular formula is C54H61ClN2O22. The highest BCUT2D eigenvalue weighted by atomic mass is 35.5. The van der Waals surface area contributed by atoms with Gasteiger partial charge >= 0.3 is 0 Å². The minimum atomic E-state index is -2.24. The Morgan fingerprint density at radius 3 is 1.71 bits per heavy atom. The molecule has 0 saturated carbocycles. The van der Waals surface area contributed by atoms with Gasteiger partial charge in [-0.3, -0.25) is 14.4 Å². The molecule has 5 rings (SSSR count). The van der Waals surface area contributed by atoms with Gasteiger partial charge in [-0.05, 0) is 156 Å². The molecule has 2 aliphatic carbocycles. The number of ether oxygens (including phenoxy) is 3. The van der Waals surface area contributed by atoms with E-state index in [1.807, 2.05) is 0 Å². The average Bonchev–Trinajstić information content (AvgIpc) is 2.47. The van der Waals surface area contributed by atoms with Gasteiger partial charge in [0.05, 0.1) is 42.1 Å². The molecule has 2 aromatic carbocycles. The lowest BCUT2D eigenvalue weighted by Crippen LogP contribution is -2.53. The Morgan fingerprint density at radius 2 is 1.24 bits per heavy atom. The highest BCUT2D eigenvalue weighted by molar-refractivity contribution is 6.31. The zero-order valence-electron chi connectivity index (χ0n) is 40.8. The number of terminal acetylenes is 1. The van der Waals surface area contributed by atoms with Crippen molar-refractivity contribution in [1.82, 2.24) is 5.64 Å². The van der Waals surface area contributed by atoms with Gasteiger partial charge in [-0.1, -0.05) is 28.0 Å². The van der Waals surface area contributed by atoms with Crippen molar-refractivity contribution in [2.75, 3.05) is 13.7 Å². The number of halogens is 1. The number of aliphatic hydroxyl groups is 3. The maximum Gasteiger partial charge on any atom is 0.202 e. The summed E-state index contributed by atoms with van der Waals surface area (Å²) in [6.45, 7) is 2.25. The summed E-state index contributed by atoms with van der Waals surface area (Å²) in [7, 11) is 1.32. The second-order valence-corrected chi connectivity index (χ2v) is 14.2. The van der Waals surface area contributed by atoms with E-state index in [4.69, 9.17) is 36.9 Å². The van der Waals surface area contributed by atoms with Crippen molar-refractivity contribution < 1.29 is 127 Å². The largest absolute Gasteiger partial charge is 0.507 e. The van der Waals surface area contributed by atoms with Gasteiger partial charge in [0.15, 0.2) is 17.9 Å². The van der Waals surface area contributed by atoms with Crippen LogP contribution in [0, 0.1) is 154 Å². The van der Waals surface area contributed by atoms with Crippen LogP contribution in [0.25, 0.3) is 0 Å². The summed E-state index contributed by atoms with van der Waals surface area (Å²) in [6, 6.07) is 3.64. The highest BCUT2D eigenvalue weighted by Crippen LogP contribution is 2.52. The summed E-state index contributed by atoms with van der Waals surface area (Å²) in [5.41, 5.74) is 3.75. The molecule has 0 spiro atoms. The second kappa shape index (κ2) is 36.6. The molecule has 0 unspecified atom stereocenters. The lowest BCUT2D eigenvalue weighted by atomic mass is 9.72. The van der Waals surface area contributed by atoms with Gasteiger partial charge < -0.3 is 45.5 Å². The molecule has 6 atom stereocenters. The number of ketones is 3. The molecule has 3 aliphatic rings.